The lowest BCUT2D eigenvalue weighted by Crippen LogP contribution is -2.81. The molecule has 11 bridgehead atoms. The number of carbonyl (C=O) groups is 3. The molecule has 8 saturated carbocycles. The van der Waals surface area contributed by atoms with Gasteiger partial charge in [-0.25, -0.2) is 0 Å². The fourth-order valence-electron chi connectivity index (χ4n) is 26.3. The number of phenolic OH excluding ortho intramolecular Hbond substituents is 1. The number of aliphatic hydroxyl groups is 7. The van der Waals surface area contributed by atoms with E-state index < -0.39 is 86.8 Å². The molecule has 1 saturated heterocycles. The van der Waals surface area contributed by atoms with Crippen LogP contribution >= 0.6 is 21.6 Å². The average molecular weight is 1360 g/mol. The summed E-state index contributed by atoms with van der Waals surface area (Å²) in [6.45, 7) is -0.385. The minimum atomic E-state index is -2.39. The number of aromatic hydroxyl groups is 1. The monoisotopic (exact) mass is 1350 g/mol. The van der Waals surface area contributed by atoms with Gasteiger partial charge in [-0.05, 0) is 243 Å². The number of hydrogen-bond acceptors (Lipinski definition) is 17. The number of allylic oxidation sites excluding steroid dienone is 7. The quantitative estimate of drug-likeness (QED) is 0.0779. The van der Waals surface area contributed by atoms with E-state index in [9.17, 15) is 45.6 Å². The lowest BCUT2D eigenvalue weighted by Gasteiger charge is -2.65. The molecular formula is C80H94N2O13S2. The molecule has 514 valence electrons. The molecule has 3 heterocycles. The van der Waals surface area contributed by atoms with Gasteiger partial charge >= 0.3 is 0 Å². The van der Waals surface area contributed by atoms with E-state index in [0.717, 1.165) is 94.0 Å². The molecule has 3 aromatic carbocycles. The van der Waals surface area contributed by atoms with Crippen LogP contribution in [-0.4, -0.2) is 118 Å². The number of ketones is 2. The van der Waals surface area contributed by atoms with Gasteiger partial charge in [-0.15, -0.1) is 0 Å². The fraction of sp³-hybridized carbons (Fsp3) is 0.613. The number of Topliss-reactive ketones (excluding diaryl/α,β-unsaturated/α-hetero) is 2. The number of nitrogens with one attached hydrogen (secondary N) is 2. The summed E-state index contributed by atoms with van der Waals surface area (Å²) in [5.74, 6) is -2.38. The smallest absolute Gasteiger partial charge is 0.229 e. The predicted molar refractivity (Wildman–Crippen MR) is 367 cm³/mol. The van der Waals surface area contributed by atoms with Crippen LogP contribution in [0.4, 0.5) is 0 Å². The van der Waals surface area contributed by atoms with E-state index in [1.165, 1.54) is 71.1 Å². The number of rotatable bonds is 7. The second kappa shape index (κ2) is 22.6. The first-order valence-corrected chi connectivity index (χ1v) is 39.1. The highest BCUT2D eigenvalue weighted by molar-refractivity contribution is 8.76. The maximum atomic E-state index is 16.9. The van der Waals surface area contributed by atoms with Gasteiger partial charge in [0.15, 0.2) is 11.6 Å². The maximum Gasteiger partial charge on any atom is 0.229 e. The van der Waals surface area contributed by atoms with E-state index in [1.54, 1.807) is 30.3 Å². The summed E-state index contributed by atoms with van der Waals surface area (Å²) in [6, 6.07) is 20.2. The number of phenols is 1. The first-order valence-electron chi connectivity index (χ1n) is 36.7. The van der Waals surface area contributed by atoms with Crippen LogP contribution in [0.15, 0.2) is 125 Å². The van der Waals surface area contributed by atoms with E-state index >= 15 is 9.59 Å². The minimum absolute atomic E-state index is 0.0479. The van der Waals surface area contributed by atoms with Gasteiger partial charge in [0.05, 0.1) is 42.0 Å². The zero-order valence-corrected chi connectivity index (χ0v) is 57.0. The molecule has 10 N–H and O–H groups in total. The van der Waals surface area contributed by atoms with Crippen LogP contribution < -0.4 is 15.4 Å². The van der Waals surface area contributed by atoms with Crippen molar-refractivity contribution in [2.24, 2.45) is 79.8 Å². The molecule has 9 fully saturated rings. The van der Waals surface area contributed by atoms with Gasteiger partial charge in [0, 0.05) is 40.5 Å². The van der Waals surface area contributed by atoms with E-state index in [0.29, 0.717) is 66.5 Å². The second-order valence-corrected chi connectivity index (χ2v) is 36.5. The number of benzene rings is 3. The summed E-state index contributed by atoms with van der Waals surface area (Å²) >= 11 is 0. The molecule has 0 aromatic heterocycles. The molecule has 97 heavy (non-hydrogen) atoms. The molecule has 6 spiro atoms. The molecule has 17 heteroatoms. The Morgan fingerprint density at radius 2 is 1.58 bits per heavy atom. The first kappa shape index (κ1) is 63.9. The van der Waals surface area contributed by atoms with Crippen LogP contribution in [0.25, 0.3) is 0 Å². The number of aldehydes is 1. The van der Waals surface area contributed by atoms with Gasteiger partial charge in [-0.3, -0.25) is 9.59 Å². The van der Waals surface area contributed by atoms with Gasteiger partial charge in [-0.1, -0.05) is 108 Å². The van der Waals surface area contributed by atoms with Gasteiger partial charge in [0.25, 0.3) is 0 Å². The number of hydrogen-bond donors (Lipinski definition) is 10. The molecule has 0 amide bonds. The zero-order valence-electron chi connectivity index (χ0n) is 55.4. The summed E-state index contributed by atoms with van der Waals surface area (Å²) in [5.41, 5.74) is -2.10. The molecule has 19 rings (SSSR count). The topological polar surface area (TPSA) is 256 Å². The SMILES string of the molecule is O=CC1CC2(CCC3(CC(Cc4cccc(O)c4)CC34CCCC4)C2)CC12CC1CC3CC4CC5(CO)OC6Oc7cccc8c7C(=O)C79C(O)=CC(Cc%10cccc(CO)c%10)=C(C=CC%10CCCCC%10(O)CCC7SSCNC7=CC(=C3CN7)C1(C2)C4C(O)(C6O)C5O)C9C8=O. The molecule has 3 aromatic rings. The third-order valence-corrected chi connectivity index (χ3v) is 32.3. The molecule has 3 aliphatic heterocycles. The Bertz CT molecular complexity index is 3970. The van der Waals surface area contributed by atoms with Crippen molar-refractivity contribution in [3.05, 3.63) is 153 Å². The lowest BCUT2D eigenvalue weighted by atomic mass is 9.46. The van der Waals surface area contributed by atoms with Crippen LogP contribution in [0.5, 0.6) is 11.5 Å². The Morgan fingerprint density at radius 1 is 0.773 bits per heavy atom. The molecule has 15 nitrogen and oxygen atoms in total. The third-order valence-electron chi connectivity index (χ3n) is 29.6. The Kier molecular flexibility index (Phi) is 14.9. The lowest BCUT2D eigenvalue weighted by molar-refractivity contribution is -0.392. The first-order chi connectivity index (χ1) is 46.8. The minimum Gasteiger partial charge on any atom is -0.511 e. The van der Waals surface area contributed by atoms with Crippen LogP contribution in [0.1, 0.15) is 179 Å². The van der Waals surface area contributed by atoms with Crippen LogP contribution in [0.2, 0.25) is 0 Å². The van der Waals surface area contributed by atoms with Crippen molar-refractivity contribution in [1.82, 2.24) is 10.6 Å². The van der Waals surface area contributed by atoms with Crippen LogP contribution in [-0.2, 0) is 29.0 Å². The number of carbonyl (C=O) groups excluding carboxylic acids is 3. The summed E-state index contributed by atoms with van der Waals surface area (Å²) in [5, 5.41) is 107. The third kappa shape index (κ3) is 9.01. The van der Waals surface area contributed by atoms with Crippen molar-refractivity contribution >= 4 is 39.4 Å². The number of fused-ring (bicyclic) bond motifs is 4. The van der Waals surface area contributed by atoms with Crippen molar-refractivity contribution < 1.29 is 64.7 Å². The molecule has 20 atom stereocenters. The van der Waals surface area contributed by atoms with E-state index in [2.05, 4.69) is 22.8 Å². The number of dihydropyridines is 1. The van der Waals surface area contributed by atoms with Crippen molar-refractivity contribution in [2.45, 2.75) is 201 Å². The zero-order chi connectivity index (χ0) is 66.4. The summed E-state index contributed by atoms with van der Waals surface area (Å²) in [4.78, 5) is 47.7. The Hall–Kier alpha value is -5.21. The van der Waals surface area contributed by atoms with Gasteiger partial charge < -0.3 is 65.8 Å². The van der Waals surface area contributed by atoms with E-state index in [-0.39, 0.29) is 94.3 Å². The highest BCUT2D eigenvalue weighted by Gasteiger charge is 2.80. The van der Waals surface area contributed by atoms with E-state index in [4.69, 9.17) is 9.47 Å². The number of ether oxygens (including phenoxy) is 2. The normalized spacial score (nSPS) is 44.1. The fourth-order valence-corrected chi connectivity index (χ4v) is 29.1. The Morgan fingerprint density at radius 3 is 2.40 bits per heavy atom. The largest absolute Gasteiger partial charge is 0.511 e. The summed E-state index contributed by atoms with van der Waals surface area (Å²) in [7, 11) is 2.93. The van der Waals surface area contributed by atoms with Crippen molar-refractivity contribution in [2.75, 3.05) is 19.0 Å². The van der Waals surface area contributed by atoms with Gasteiger partial charge in [0.1, 0.15) is 52.4 Å². The van der Waals surface area contributed by atoms with E-state index in [1.807, 2.05) is 48.6 Å². The highest BCUT2D eigenvalue weighted by atomic mass is 33.1. The summed E-state index contributed by atoms with van der Waals surface area (Å²) < 4.78 is 14.0. The molecule has 13 aliphatic carbocycles. The summed E-state index contributed by atoms with van der Waals surface area (Å²) in [6.07, 6.45) is 23.6. The molecule has 16 aliphatic rings. The second-order valence-electron chi connectivity index (χ2n) is 33.9. The van der Waals surface area contributed by atoms with Crippen molar-refractivity contribution in [3.63, 3.8) is 0 Å². The molecule has 0 radical (unpaired) electrons. The standard InChI is InChI=1S/C80H94N2O13S2/c83-38-47-10-5-8-45(24-47)26-49-30-61(87)79-62-17-21-76(92)20-2-1-11-52(76)15-16-56(49)65(79)66(88)57-13-7-14-60(64(57)68(79)89)94-70-69(90)80(93)67-51(34-77(43-85,95-70)71(80)91)28-50-29-53-36-73(42-78(53,67)59-31-63(81-37-58(50)59)82-44-96-97-62)40-72(35-54(73)39-84)22-23-75(41-72)33-48(32-74(75)18-3-4-19-74)25-46-9-6-12-55(86)27-46/h5-10,12-16,24,27,30-31,39,48,50-54,62,65,67,69-71,81-83,85-87,90-93H,1-4,11,17-23,25-26,28-29,32-38,40-44H2. The highest BCUT2D eigenvalue weighted by Crippen LogP contribution is 2.82. The van der Waals surface area contributed by atoms with Gasteiger partial charge in [-0.2, -0.15) is 0 Å². The van der Waals surface area contributed by atoms with Crippen LogP contribution in [0, 0.1) is 79.8 Å². The average Bonchev–Trinajstić information content (AvgIpc) is 1.58. The van der Waals surface area contributed by atoms with Crippen LogP contribution in [0.3, 0.4) is 0 Å². The van der Waals surface area contributed by atoms with Gasteiger partial charge in [0.2, 0.25) is 6.29 Å². The molecular weight excluding hydrogens is 1260 g/mol. The van der Waals surface area contributed by atoms with Crippen molar-refractivity contribution in [3.8, 4) is 11.5 Å². The maximum absolute atomic E-state index is 16.9. The Balaban J connectivity index is 0.762. The van der Waals surface area contributed by atoms with Crippen molar-refractivity contribution in [1.29, 1.82) is 0 Å². The predicted octanol–water partition coefficient (Wildman–Crippen LogP) is 11.5. The number of aliphatic hydroxyl groups excluding tert-OH is 5. The molecule has 20 unspecified atom stereocenters. The Labute approximate surface area is 575 Å².